The minimum Gasteiger partial charge on any atom is -0.494 e. The standard InChI is InChI=1S/C19H18F5NO3/c20-14-8-9-15(17(21)16(14)18(25)26)28-11-3-1-2-10-27-13-6-4-12(5-7-13)19(22,23)24/h4-9H,1-3,10-11H2,(H2,25,26). The molecule has 4 nitrogen and oxygen atoms in total. The van der Waals surface area contributed by atoms with Gasteiger partial charge in [-0.1, -0.05) is 0 Å². The first-order chi connectivity index (χ1) is 13.2. The highest BCUT2D eigenvalue weighted by atomic mass is 19.4. The second-order valence-electron chi connectivity index (χ2n) is 5.88. The van der Waals surface area contributed by atoms with Gasteiger partial charge < -0.3 is 15.2 Å². The van der Waals surface area contributed by atoms with E-state index in [9.17, 15) is 26.7 Å². The minimum absolute atomic E-state index is 0.126. The predicted octanol–water partition coefficient (Wildman–Crippen LogP) is 4.71. The van der Waals surface area contributed by atoms with Crippen LogP contribution < -0.4 is 15.2 Å². The molecule has 28 heavy (non-hydrogen) atoms. The van der Waals surface area contributed by atoms with E-state index in [1.165, 1.54) is 12.1 Å². The van der Waals surface area contributed by atoms with Gasteiger partial charge in [0, 0.05) is 0 Å². The number of carbonyl (C=O) groups excluding carboxylic acids is 1. The number of nitrogens with two attached hydrogens (primary N) is 1. The van der Waals surface area contributed by atoms with Crippen molar-refractivity contribution < 1.29 is 36.2 Å². The molecule has 0 unspecified atom stereocenters. The van der Waals surface area contributed by atoms with Gasteiger partial charge in [-0.25, -0.2) is 8.78 Å². The fourth-order valence-electron chi connectivity index (χ4n) is 2.36. The Bertz CT molecular complexity index is 806. The molecule has 2 N–H and O–H groups in total. The van der Waals surface area contributed by atoms with Crippen molar-refractivity contribution in [3.8, 4) is 11.5 Å². The molecular formula is C19H18F5NO3. The first kappa shape index (κ1) is 21.5. The third-order valence-corrected chi connectivity index (χ3v) is 3.80. The molecule has 2 rings (SSSR count). The van der Waals surface area contributed by atoms with E-state index in [4.69, 9.17) is 15.2 Å². The molecule has 0 aliphatic carbocycles. The van der Waals surface area contributed by atoms with Gasteiger partial charge in [0.05, 0.1) is 18.8 Å². The van der Waals surface area contributed by atoms with E-state index in [2.05, 4.69) is 0 Å². The van der Waals surface area contributed by atoms with Gasteiger partial charge in [-0.2, -0.15) is 13.2 Å². The molecule has 0 saturated carbocycles. The van der Waals surface area contributed by atoms with E-state index in [1.807, 2.05) is 0 Å². The van der Waals surface area contributed by atoms with Gasteiger partial charge in [-0.15, -0.1) is 0 Å². The lowest BCUT2D eigenvalue weighted by Gasteiger charge is -2.10. The zero-order chi connectivity index (χ0) is 20.7. The average Bonchev–Trinajstić information content (AvgIpc) is 2.62. The van der Waals surface area contributed by atoms with Crippen LogP contribution in [0.1, 0.15) is 35.2 Å². The number of carbonyl (C=O) groups is 1. The number of halogens is 5. The molecule has 0 saturated heterocycles. The number of benzene rings is 2. The molecule has 0 spiro atoms. The molecule has 0 heterocycles. The van der Waals surface area contributed by atoms with Crippen LogP contribution in [-0.4, -0.2) is 19.1 Å². The van der Waals surface area contributed by atoms with Crippen LogP contribution in [0.4, 0.5) is 22.0 Å². The third kappa shape index (κ3) is 5.83. The number of hydrogen-bond acceptors (Lipinski definition) is 3. The Morgan fingerprint density at radius 2 is 1.50 bits per heavy atom. The molecule has 0 aliphatic heterocycles. The van der Waals surface area contributed by atoms with Crippen molar-refractivity contribution in [1.82, 2.24) is 0 Å². The third-order valence-electron chi connectivity index (χ3n) is 3.80. The van der Waals surface area contributed by atoms with Gasteiger partial charge in [0.2, 0.25) is 0 Å². The summed E-state index contributed by atoms with van der Waals surface area (Å²) in [6.07, 6.45) is -2.62. The molecule has 2 aromatic carbocycles. The molecule has 0 fully saturated rings. The van der Waals surface area contributed by atoms with Crippen molar-refractivity contribution in [1.29, 1.82) is 0 Å². The maximum atomic E-state index is 13.9. The largest absolute Gasteiger partial charge is 0.494 e. The van der Waals surface area contributed by atoms with Crippen molar-refractivity contribution in [2.24, 2.45) is 5.73 Å². The second-order valence-corrected chi connectivity index (χ2v) is 5.88. The summed E-state index contributed by atoms with van der Waals surface area (Å²) in [6.45, 7) is 0.420. The zero-order valence-electron chi connectivity index (χ0n) is 14.7. The number of hydrogen-bond donors (Lipinski definition) is 1. The fraction of sp³-hybridized carbons (Fsp3) is 0.316. The SMILES string of the molecule is NC(=O)c1c(F)ccc(OCCCCCOc2ccc(C(F)(F)F)cc2)c1F. The van der Waals surface area contributed by atoms with Crippen LogP contribution in [0.25, 0.3) is 0 Å². The van der Waals surface area contributed by atoms with Crippen LogP contribution in [0.15, 0.2) is 36.4 Å². The van der Waals surface area contributed by atoms with Crippen LogP contribution in [0.2, 0.25) is 0 Å². The maximum Gasteiger partial charge on any atom is 0.416 e. The van der Waals surface area contributed by atoms with E-state index >= 15 is 0 Å². The number of unbranched alkanes of at least 4 members (excludes halogenated alkanes) is 2. The second kappa shape index (κ2) is 9.38. The summed E-state index contributed by atoms with van der Waals surface area (Å²) < 4.78 is 75.2. The first-order valence-electron chi connectivity index (χ1n) is 8.41. The summed E-state index contributed by atoms with van der Waals surface area (Å²) in [5.41, 5.74) is 3.34. The highest BCUT2D eigenvalue weighted by Gasteiger charge is 2.30. The molecule has 152 valence electrons. The summed E-state index contributed by atoms with van der Waals surface area (Å²) >= 11 is 0. The molecule has 9 heteroatoms. The maximum absolute atomic E-state index is 13.9. The van der Waals surface area contributed by atoms with Crippen molar-refractivity contribution in [3.63, 3.8) is 0 Å². The van der Waals surface area contributed by atoms with Crippen LogP contribution >= 0.6 is 0 Å². The normalized spacial score (nSPS) is 11.3. The van der Waals surface area contributed by atoms with Crippen LogP contribution in [0, 0.1) is 11.6 Å². The Hall–Kier alpha value is -2.84. The summed E-state index contributed by atoms with van der Waals surface area (Å²) in [7, 11) is 0. The van der Waals surface area contributed by atoms with E-state index in [1.54, 1.807) is 0 Å². The highest BCUT2D eigenvalue weighted by Crippen LogP contribution is 2.30. The quantitative estimate of drug-likeness (QED) is 0.487. The summed E-state index contributed by atoms with van der Waals surface area (Å²) in [4.78, 5) is 11.0. The Balaban J connectivity index is 1.69. The summed E-state index contributed by atoms with van der Waals surface area (Å²) in [5, 5.41) is 0. The number of rotatable bonds is 9. The van der Waals surface area contributed by atoms with Crippen molar-refractivity contribution in [3.05, 3.63) is 59.2 Å². The average molecular weight is 403 g/mol. The van der Waals surface area contributed by atoms with Crippen LogP contribution in [-0.2, 0) is 6.18 Å². The van der Waals surface area contributed by atoms with Crippen molar-refractivity contribution in [2.75, 3.05) is 13.2 Å². The summed E-state index contributed by atoms with van der Waals surface area (Å²) in [6, 6.07) is 6.36. The van der Waals surface area contributed by atoms with Gasteiger partial charge in [0.1, 0.15) is 17.1 Å². The fourth-order valence-corrected chi connectivity index (χ4v) is 2.36. The molecular weight excluding hydrogens is 385 g/mol. The van der Waals surface area contributed by atoms with E-state index < -0.39 is 34.8 Å². The first-order valence-corrected chi connectivity index (χ1v) is 8.41. The van der Waals surface area contributed by atoms with Gasteiger partial charge in [0.15, 0.2) is 11.6 Å². The zero-order valence-corrected chi connectivity index (χ0v) is 14.7. The topological polar surface area (TPSA) is 61.6 Å². The molecule has 1 amide bonds. The predicted molar refractivity (Wildman–Crippen MR) is 91.2 cm³/mol. The van der Waals surface area contributed by atoms with Gasteiger partial charge in [-0.05, 0) is 55.7 Å². The van der Waals surface area contributed by atoms with Crippen LogP contribution in [0.5, 0.6) is 11.5 Å². The highest BCUT2D eigenvalue weighted by molar-refractivity contribution is 5.93. The lowest BCUT2D eigenvalue weighted by Crippen LogP contribution is -2.16. The molecule has 0 atom stereocenters. The van der Waals surface area contributed by atoms with E-state index in [0.717, 1.165) is 24.3 Å². The molecule has 0 bridgehead atoms. The molecule has 0 radical (unpaired) electrons. The number of ether oxygens (including phenoxy) is 2. The van der Waals surface area contributed by atoms with E-state index in [-0.39, 0.29) is 12.4 Å². The van der Waals surface area contributed by atoms with Gasteiger partial charge in [0.25, 0.3) is 5.91 Å². The van der Waals surface area contributed by atoms with Gasteiger partial charge >= 0.3 is 6.18 Å². The monoisotopic (exact) mass is 403 g/mol. The number of amides is 1. The van der Waals surface area contributed by atoms with Crippen molar-refractivity contribution >= 4 is 5.91 Å². The Morgan fingerprint density at radius 3 is 2.07 bits per heavy atom. The molecule has 0 aromatic heterocycles. The minimum atomic E-state index is -4.39. The Morgan fingerprint density at radius 1 is 0.893 bits per heavy atom. The van der Waals surface area contributed by atoms with Gasteiger partial charge in [-0.3, -0.25) is 4.79 Å². The van der Waals surface area contributed by atoms with Crippen molar-refractivity contribution in [2.45, 2.75) is 25.4 Å². The molecule has 2 aromatic rings. The molecule has 0 aliphatic rings. The van der Waals surface area contributed by atoms with E-state index in [0.29, 0.717) is 31.6 Å². The smallest absolute Gasteiger partial charge is 0.416 e. The number of alkyl halides is 3. The van der Waals surface area contributed by atoms with Crippen LogP contribution in [0.3, 0.4) is 0 Å². The summed E-state index contributed by atoms with van der Waals surface area (Å²) in [5.74, 6) is -3.36. The Labute approximate surface area is 158 Å². The number of primary amides is 1. The lowest BCUT2D eigenvalue weighted by atomic mass is 10.1. The lowest BCUT2D eigenvalue weighted by molar-refractivity contribution is -0.137. The Kier molecular flexibility index (Phi) is 7.19.